The number of halogens is 1. The molecule has 1 saturated heterocycles. The SMILES string of the molecule is CN=C(NCC1(Cc2ccccc2)CC1)N1CCN(Cc2ccon2)CC1.I. The summed E-state index contributed by atoms with van der Waals surface area (Å²) in [5, 5.41) is 7.66. The highest BCUT2D eigenvalue weighted by atomic mass is 127. The molecule has 1 aliphatic heterocycles. The number of benzene rings is 1. The van der Waals surface area contributed by atoms with E-state index >= 15 is 0 Å². The topological polar surface area (TPSA) is 56.9 Å². The molecule has 1 aromatic carbocycles. The van der Waals surface area contributed by atoms with Gasteiger partial charge in [0.25, 0.3) is 0 Å². The summed E-state index contributed by atoms with van der Waals surface area (Å²) >= 11 is 0. The zero-order chi connectivity index (χ0) is 18.5. The molecule has 0 spiro atoms. The summed E-state index contributed by atoms with van der Waals surface area (Å²) in [6.07, 6.45) is 5.40. The molecule has 4 rings (SSSR count). The van der Waals surface area contributed by atoms with Gasteiger partial charge in [-0.1, -0.05) is 35.5 Å². The summed E-state index contributed by atoms with van der Waals surface area (Å²) in [4.78, 5) is 9.32. The average Bonchev–Trinajstić information content (AvgIpc) is 3.26. The van der Waals surface area contributed by atoms with Crippen molar-refractivity contribution in [3.05, 3.63) is 53.9 Å². The van der Waals surface area contributed by atoms with Gasteiger partial charge in [-0.3, -0.25) is 9.89 Å². The number of nitrogens with one attached hydrogen (secondary N) is 1. The second-order valence-electron chi connectivity index (χ2n) is 7.82. The van der Waals surface area contributed by atoms with Crippen molar-refractivity contribution in [1.82, 2.24) is 20.3 Å². The first-order valence-electron chi connectivity index (χ1n) is 9.88. The standard InChI is InChI=1S/C21H29N5O.HI/c1-22-20(23-17-21(8-9-21)15-18-5-3-2-4-6-18)26-12-10-25(11-13-26)16-19-7-14-27-24-19;/h2-7,14H,8-13,15-17H2,1H3,(H,22,23);1H. The summed E-state index contributed by atoms with van der Waals surface area (Å²) in [6.45, 7) is 5.88. The van der Waals surface area contributed by atoms with Gasteiger partial charge in [-0.05, 0) is 30.2 Å². The van der Waals surface area contributed by atoms with Crippen LogP contribution in [-0.4, -0.2) is 60.7 Å². The predicted octanol–water partition coefficient (Wildman–Crippen LogP) is 3.01. The molecule has 2 heterocycles. The van der Waals surface area contributed by atoms with Crippen molar-refractivity contribution >= 4 is 29.9 Å². The molecular weight excluding hydrogens is 465 g/mol. The number of hydrogen-bond acceptors (Lipinski definition) is 4. The van der Waals surface area contributed by atoms with Crippen molar-refractivity contribution in [3.63, 3.8) is 0 Å². The van der Waals surface area contributed by atoms with Crippen LogP contribution >= 0.6 is 24.0 Å². The Morgan fingerprint density at radius 1 is 1.14 bits per heavy atom. The maximum Gasteiger partial charge on any atom is 0.193 e. The fourth-order valence-corrected chi connectivity index (χ4v) is 3.89. The molecule has 0 radical (unpaired) electrons. The predicted molar refractivity (Wildman–Crippen MR) is 122 cm³/mol. The van der Waals surface area contributed by atoms with Gasteiger partial charge in [-0.2, -0.15) is 0 Å². The molecule has 2 aliphatic rings. The Morgan fingerprint density at radius 2 is 1.89 bits per heavy atom. The third-order valence-corrected chi connectivity index (χ3v) is 5.76. The molecule has 0 unspecified atom stereocenters. The van der Waals surface area contributed by atoms with Crippen LogP contribution in [0.3, 0.4) is 0 Å². The van der Waals surface area contributed by atoms with Crippen molar-refractivity contribution < 1.29 is 4.52 Å². The first-order valence-corrected chi connectivity index (χ1v) is 9.88. The van der Waals surface area contributed by atoms with Crippen LogP contribution in [0.4, 0.5) is 0 Å². The zero-order valence-electron chi connectivity index (χ0n) is 16.5. The van der Waals surface area contributed by atoms with Gasteiger partial charge in [-0.15, -0.1) is 24.0 Å². The highest BCUT2D eigenvalue weighted by Crippen LogP contribution is 2.47. The van der Waals surface area contributed by atoms with E-state index in [4.69, 9.17) is 4.52 Å². The van der Waals surface area contributed by atoms with Crippen molar-refractivity contribution in [2.75, 3.05) is 39.8 Å². The second kappa shape index (κ2) is 9.73. The molecule has 0 atom stereocenters. The summed E-state index contributed by atoms with van der Waals surface area (Å²) in [5.41, 5.74) is 2.85. The van der Waals surface area contributed by atoms with Gasteiger partial charge in [0.15, 0.2) is 5.96 Å². The Balaban J connectivity index is 0.00000225. The Hall–Kier alpha value is -1.61. The summed E-state index contributed by atoms with van der Waals surface area (Å²) in [6, 6.07) is 12.8. The van der Waals surface area contributed by atoms with E-state index in [-0.39, 0.29) is 24.0 Å². The lowest BCUT2D eigenvalue weighted by Crippen LogP contribution is -2.53. The molecule has 28 heavy (non-hydrogen) atoms. The first-order chi connectivity index (χ1) is 13.3. The minimum atomic E-state index is 0. The Bertz CT molecular complexity index is 737. The van der Waals surface area contributed by atoms with Crippen molar-refractivity contribution in [3.8, 4) is 0 Å². The molecule has 1 aromatic heterocycles. The van der Waals surface area contributed by atoms with Gasteiger partial charge < -0.3 is 14.7 Å². The van der Waals surface area contributed by atoms with Crippen molar-refractivity contribution in [2.24, 2.45) is 10.4 Å². The fraction of sp³-hybridized carbons (Fsp3) is 0.524. The molecule has 7 heteroatoms. The van der Waals surface area contributed by atoms with Crippen LogP contribution < -0.4 is 5.32 Å². The number of aromatic nitrogens is 1. The number of hydrogen-bond donors (Lipinski definition) is 1. The quantitative estimate of drug-likeness (QED) is 0.380. The molecule has 1 saturated carbocycles. The van der Waals surface area contributed by atoms with Gasteiger partial charge in [0.2, 0.25) is 0 Å². The Kier molecular flexibility index (Phi) is 7.34. The second-order valence-corrected chi connectivity index (χ2v) is 7.82. The van der Waals surface area contributed by atoms with Gasteiger partial charge in [0, 0.05) is 52.4 Å². The zero-order valence-corrected chi connectivity index (χ0v) is 18.8. The van der Waals surface area contributed by atoms with Crippen LogP contribution in [0.15, 0.2) is 52.2 Å². The average molecular weight is 495 g/mol. The lowest BCUT2D eigenvalue weighted by atomic mass is 9.96. The van der Waals surface area contributed by atoms with Gasteiger partial charge in [0.05, 0.1) is 5.69 Å². The lowest BCUT2D eigenvalue weighted by molar-refractivity contribution is 0.168. The number of guanidine groups is 1. The number of piperazine rings is 1. The maximum absolute atomic E-state index is 4.93. The van der Waals surface area contributed by atoms with Crippen LogP contribution in [0.5, 0.6) is 0 Å². The number of aliphatic imine (C=N–C) groups is 1. The highest BCUT2D eigenvalue weighted by Gasteiger charge is 2.42. The molecule has 1 N–H and O–H groups in total. The summed E-state index contributed by atoms with van der Waals surface area (Å²) < 4.78 is 4.93. The molecule has 0 amide bonds. The number of rotatable bonds is 6. The third kappa shape index (κ3) is 5.47. The Morgan fingerprint density at radius 3 is 2.50 bits per heavy atom. The summed E-state index contributed by atoms with van der Waals surface area (Å²) in [5.74, 6) is 1.04. The van der Waals surface area contributed by atoms with Gasteiger partial charge in [0.1, 0.15) is 6.26 Å². The molecule has 1 aliphatic carbocycles. The van der Waals surface area contributed by atoms with E-state index in [1.54, 1.807) is 6.26 Å². The smallest absolute Gasteiger partial charge is 0.193 e. The highest BCUT2D eigenvalue weighted by molar-refractivity contribution is 14.0. The first kappa shape index (κ1) is 21.1. The molecule has 152 valence electrons. The molecule has 2 fully saturated rings. The van der Waals surface area contributed by atoms with E-state index in [0.717, 1.165) is 57.3 Å². The van der Waals surface area contributed by atoms with E-state index < -0.39 is 0 Å². The van der Waals surface area contributed by atoms with Crippen LogP contribution in [-0.2, 0) is 13.0 Å². The minimum Gasteiger partial charge on any atom is -0.364 e. The maximum atomic E-state index is 4.93. The molecule has 2 aromatic rings. The molecule has 0 bridgehead atoms. The largest absolute Gasteiger partial charge is 0.364 e. The Labute approximate surface area is 184 Å². The van der Waals surface area contributed by atoms with Crippen molar-refractivity contribution in [2.45, 2.75) is 25.8 Å². The fourth-order valence-electron chi connectivity index (χ4n) is 3.89. The number of nitrogens with zero attached hydrogens (tertiary/aromatic N) is 4. The van der Waals surface area contributed by atoms with E-state index in [1.807, 2.05) is 13.1 Å². The monoisotopic (exact) mass is 495 g/mol. The molecular formula is C21H30IN5O. The van der Waals surface area contributed by atoms with E-state index in [9.17, 15) is 0 Å². The van der Waals surface area contributed by atoms with Crippen LogP contribution in [0.2, 0.25) is 0 Å². The van der Waals surface area contributed by atoms with Gasteiger partial charge >= 0.3 is 0 Å². The minimum absolute atomic E-state index is 0. The van der Waals surface area contributed by atoms with Crippen LogP contribution in [0, 0.1) is 5.41 Å². The normalized spacial score (nSPS) is 19.2. The van der Waals surface area contributed by atoms with E-state index in [2.05, 4.69) is 55.6 Å². The summed E-state index contributed by atoms with van der Waals surface area (Å²) in [7, 11) is 1.89. The van der Waals surface area contributed by atoms with E-state index in [0.29, 0.717) is 5.41 Å². The van der Waals surface area contributed by atoms with Crippen LogP contribution in [0.25, 0.3) is 0 Å². The molecule has 6 nitrogen and oxygen atoms in total. The van der Waals surface area contributed by atoms with E-state index in [1.165, 1.54) is 18.4 Å². The lowest BCUT2D eigenvalue weighted by Gasteiger charge is -2.36. The van der Waals surface area contributed by atoms with Crippen molar-refractivity contribution in [1.29, 1.82) is 0 Å². The van der Waals surface area contributed by atoms with Gasteiger partial charge in [-0.25, -0.2) is 0 Å². The van der Waals surface area contributed by atoms with Crippen LogP contribution in [0.1, 0.15) is 24.1 Å². The third-order valence-electron chi connectivity index (χ3n) is 5.76.